The van der Waals surface area contributed by atoms with Crippen molar-refractivity contribution in [2.24, 2.45) is 0 Å². The lowest BCUT2D eigenvalue weighted by molar-refractivity contribution is 0.197. The van der Waals surface area contributed by atoms with Gasteiger partial charge in [-0.05, 0) is 48.7 Å². The van der Waals surface area contributed by atoms with E-state index in [0.29, 0.717) is 24.2 Å². The molecule has 5 heteroatoms. The van der Waals surface area contributed by atoms with Crippen LogP contribution in [0.25, 0.3) is 0 Å². The minimum Gasteiger partial charge on any atom is -0.334 e. The molecule has 0 fully saturated rings. The largest absolute Gasteiger partial charge is 0.334 e. The second kappa shape index (κ2) is 7.72. The Morgan fingerprint density at radius 2 is 1.91 bits per heavy atom. The molecule has 2 aromatic carbocycles. The number of carbonyl (C=O) groups is 1. The van der Waals surface area contributed by atoms with E-state index in [1.807, 2.05) is 6.92 Å². The van der Waals surface area contributed by atoms with Crippen LogP contribution in [0, 0.1) is 18.6 Å². The summed E-state index contributed by atoms with van der Waals surface area (Å²) in [6.07, 6.45) is 0. The Balaban J connectivity index is 1.95. The standard InChI is InChI=1S/C18H20F2N2O/c1-3-22(12-15-5-4-6-16(19)9-15)18(23)21-11-14-8-7-13(2)17(20)10-14/h4-10H,3,11-12H2,1-2H3,(H,21,23). The molecule has 3 nitrogen and oxygen atoms in total. The zero-order valence-corrected chi connectivity index (χ0v) is 13.3. The molecule has 0 aliphatic rings. The molecule has 2 amide bonds. The van der Waals surface area contributed by atoms with Crippen LogP contribution in [0.5, 0.6) is 0 Å². The van der Waals surface area contributed by atoms with Gasteiger partial charge in [-0.15, -0.1) is 0 Å². The highest BCUT2D eigenvalue weighted by Gasteiger charge is 2.12. The second-order valence-electron chi connectivity index (χ2n) is 5.39. The molecule has 122 valence electrons. The van der Waals surface area contributed by atoms with Gasteiger partial charge in [-0.25, -0.2) is 13.6 Å². The molecule has 0 aliphatic carbocycles. The highest BCUT2D eigenvalue weighted by molar-refractivity contribution is 5.74. The van der Waals surface area contributed by atoms with Crippen LogP contribution in [0.15, 0.2) is 42.5 Å². The molecule has 0 saturated carbocycles. The Kier molecular flexibility index (Phi) is 5.68. The third-order valence-electron chi connectivity index (χ3n) is 3.61. The quantitative estimate of drug-likeness (QED) is 0.888. The van der Waals surface area contributed by atoms with Crippen molar-refractivity contribution in [3.05, 3.63) is 70.8 Å². The summed E-state index contributed by atoms with van der Waals surface area (Å²) in [7, 11) is 0. The van der Waals surface area contributed by atoms with Gasteiger partial charge in [0, 0.05) is 19.6 Å². The summed E-state index contributed by atoms with van der Waals surface area (Å²) in [5.74, 6) is -0.613. The molecule has 1 N–H and O–H groups in total. The van der Waals surface area contributed by atoms with Crippen LogP contribution in [0.1, 0.15) is 23.6 Å². The number of rotatable bonds is 5. The number of carbonyl (C=O) groups excluding carboxylic acids is 1. The molecule has 0 aromatic heterocycles. The van der Waals surface area contributed by atoms with Crippen molar-refractivity contribution in [2.45, 2.75) is 26.9 Å². The molecular weight excluding hydrogens is 298 g/mol. The topological polar surface area (TPSA) is 32.3 Å². The smallest absolute Gasteiger partial charge is 0.317 e. The van der Waals surface area contributed by atoms with E-state index in [9.17, 15) is 13.6 Å². The van der Waals surface area contributed by atoms with E-state index < -0.39 is 0 Å². The number of aryl methyl sites for hydroxylation is 1. The first-order valence-corrected chi connectivity index (χ1v) is 7.52. The Hall–Kier alpha value is -2.43. The number of urea groups is 1. The zero-order chi connectivity index (χ0) is 16.8. The van der Waals surface area contributed by atoms with Crippen molar-refractivity contribution < 1.29 is 13.6 Å². The number of benzene rings is 2. The summed E-state index contributed by atoms with van der Waals surface area (Å²) < 4.78 is 26.7. The lowest BCUT2D eigenvalue weighted by atomic mass is 10.1. The number of halogens is 2. The third-order valence-corrected chi connectivity index (χ3v) is 3.61. The number of nitrogens with one attached hydrogen (secondary N) is 1. The maximum atomic E-state index is 13.5. The van der Waals surface area contributed by atoms with E-state index in [-0.39, 0.29) is 24.2 Å². The van der Waals surface area contributed by atoms with Crippen molar-refractivity contribution in [1.29, 1.82) is 0 Å². The van der Waals surface area contributed by atoms with Gasteiger partial charge >= 0.3 is 6.03 Å². The molecule has 23 heavy (non-hydrogen) atoms. The summed E-state index contributed by atoms with van der Waals surface area (Å²) in [4.78, 5) is 13.8. The fraction of sp³-hybridized carbons (Fsp3) is 0.278. The van der Waals surface area contributed by atoms with Crippen LogP contribution in [-0.4, -0.2) is 17.5 Å². The van der Waals surface area contributed by atoms with Crippen LogP contribution in [-0.2, 0) is 13.1 Å². The lowest BCUT2D eigenvalue weighted by Crippen LogP contribution is -2.39. The molecule has 2 aromatic rings. The van der Waals surface area contributed by atoms with Crippen molar-refractivity contribution >= 4 is 6.03 Å². The molecule has 0 radical (unpaired) electrons. The van der Waals surface area contributed by atoms with Gasteiger partial charge < -0.3 is 10.2 Å². The SMILES string of the molecule is CCN(Cc1cccc(F)c1)C(=O)NCc1ccc(C)c(F)c1. The predicted octanol–water partition coefficient (Wildman–Crippen LogP) is 4.00. The van der Waals surface area contributed by atoms with E-state index in [4.69, 9.17) is 0 Å². The van der Waals surface area contributed by atoms with Gasteiger partial charge in [0.1, 0.15) is 11.6 Å². The van der Waals surface area contributed by atoms with Crippen molar-refractivity contribution in [3.8, 4) is 0 Å². The van der Waals surface area contributed by atoms with Gasteiger partial charge in [0.15, 0.2) is 0 Å². The minimum absolute atomic E-state index is 0.246. The van der Waals surface area contributed by atoms with E-state index in [2.05, 4.69) is 5.32 Å². The molecule has 0 spiro atoms. The molecule has 0 unspecified atom stereocenters. The van der Waals surface area contributed by atoms with Crippen molar-refractivity contribution in [2.75, 3.05) is 6.54 Å². The Bertz CT molecular complexity index is 688. The first kappa shape index (κ1) is 16.9. The number of hydrogen-bond acceptors (Lipinski definition) is 1. The molecule has 0 saturated heterocycles. The summed E-state index contributed by atoms with van der Waals surface area (Å²) in [5, 5.41) is 2.76. The normalized spacial score (nSPS) is 10.4. The average Bonchev–Trinajstić information content (AvgIpc) is 2.53. The van der Waals surface area contributed by atoms with Crippen LogP contribution < -0.4 is 5.32 Å². The predicted molar refractivity (Wildman–Crippen MR) is 85.9 cm³/mol. The van der Waals surface area contributed by atoms with Crippen molar-refractivity contribution in [3.63, 3.8) is 0 Å². The van der Waals surface area contributed by atoms with Crippen molar-refractivity contribution in [1.82, 2.24) is 10.2 Å². The highest BCUT2D eigenvalue weighted by Crippen LogP contribution is 2.10. The van der Waals surface area contributed by atoms with Crippen LogP contribution in [0.3, 0.4) is 0 Å². The molecular formula is C18H20F2N2O. The third kappa shape index (κ3) is 4.77. The average molecular weight is 318 g/mol. The van der Waals surface area contributed by atoms with Gasteiger partial charge in [0.25, 0.3) is 0 Å². The first-order valence-electron chi connectivity index (χ1n) is 7.52. The van der Waals surface area contributed by atoms with E-state index in [1.165, 1.54) is 18.2 Å². The Morgan fingerprint density at radius 1 is 1.13 bits per heavy atom. The van der Waals surface area contributed by atoms with Crippen LogP contribution in [0.4, 0.5) is 13.6 Å². The first-order chi connectivity index (χ1) is 11.0. The molecule has 0 aliphatic heterocycles. The number of amides is 2. The number of hydrogen-bond donors (Lipinski definition) is 1. The van der Waals surface area contributed by atoms with Gasteiger partial charge in [-0.2, -0.15) is 0 Å². The number of nitrogens with zero attached hydrogens (tertiary/aromatic N) is 1. The van der Waals surface area contributed by atoms with Gasteiger partial charge in [0.2, 0.25) is 0 Å². The summed E-state index contributed by atoms with van der Waals surface area (Å²) >= 11 is 0. The lowest BCUT2D eigenvalue weighted by Gasteiger charge is -2.21. The monoisotopic (exact) mass is 318 g/mol. The Morgan fingerprint density at radius 3 is 2.57 bits per heavy atom. The van der Waals surface area contributed by atoms with Crippen LogP contribution >= 0.6 is 0 Å². The second-order valence-corrected chi connectivity index (χ2v) is 5.39. The highest BCUT2D eigenvalue weighted by atomic mass is 19.1. The minimum atomic E-state index is -0.325. The summed E-state index contributed by atoms with van der Waals surface area (Å²) in [6, 6.07) is 10.8. The fourth-order valence-corrected chi connectivity index (χ4v) is 2.22. The zero-order valence-electron chi connectivity index (χ0n) is 13.3. The van der Waals surface area contributed by atoms with Gasteiger partial charge in [0.05, 0.1) is 0 Å². The Labute approximate surface area is 134 Å². The summed E-state index contributed by atoms with van der Waals surface area (Å²) in [6.45, 7) is 4.60. The fourth-order valence-electron chi connectivity index (χ4n) is 2.22. The van der Waals surface area contributed by atoms with Crippen LogP contribution in [0.2, 0.25) is 0 Å². The molecule has 2 rings (SSSR count). The maximum absolute atomic E-state index is 13.5. The maximum Gasteiger partial charge on any atom is 0.317 e. The molecule has 0 bridgehead atoms. The van der Waals surface area contributed by atoms with Gasteiger partial charge in [-0.1, -0.05) is 24.3 Å². The van der Waals surface area contributed by atoms with E-state index in [1.54, 1.807) is 36.1 Å². The summed E-state index contributed by atoms with van der Waals surface area (Å²) in [5.41, 5.74) is 1.99. The van der Waals surface area contributed by atoms with Gasteiger partial charge in [-0.3, -0.25) is 0 Å². The molecule has 0 atom stereocenters. The molecule has 0 heterocycles. The van der Waals surface area contributed by atoms with E-state index in [0.717, 1.165) is 5.56 Å². The van der Waals surface area contributed by atoms with E-state index >= 15 is 0 Å².